The Hall–Kier alpha value is -5.44. The van der Waals surface area contributed by atoms with Gasteiger partial charge in [-0.1, -0.05) is 46.2 Å². The Morgan fingerprint density at radius 1 is 0.651 bits per heavy atom. The first-order chi connectivity index (χ1) is 30.2. The number of primary amides is 1. The van der Waals surface area contributed by atoms with Crippen molar-refractivity contribution in [3.63, 3.8) is 0 Å². The molecular weight excluding hydrogens is 823 g/mol. The number of anilines is 1. The first kappa shape index (κ1) is 53.7. The topological polar surface area (TPSA) is 272 Å². The monoisotopic (exact) mass is 889 g/mol. The van der Waals surface area contributed by atoms with Crippen molar-refractivity contribution in [2.75, 3.05) is 77.8 Å². The summed E-state index contributed by atoms with van der Waals surface area (Å²) in [6, 6.07) is 4.05. The molecule has 0 fully saturated rings. The number of nitrogens with two attached hydrogens (primary N) is 1. The number of imide groups is 1. The lowest BCUT2D eigenvalue weighted by atomic mass is 10.0. The third-order valence-corrected chi connectivity index (χ3v) is 9.29. The van der Waals surface area contributed by atoms with E-state index in [4.69, 9.17) is 29.4 Å². The minimum Gasteiger partial charge on any atom is -0.461 e. The maximum Gasteiger partial charge on any atom is 0.312 e. The number of rotatable bonds is 34. The normalized spacial score (nSPS) is 13.2. The summed E-state index contributed by atoms with van der Waals surface area (Å²) in [5, 5.41) is 13.5. The highest BCUT2D eigenvalue weighted by molar-refractivity contribution is 6.12. The molecular formula is C43H67N7O13. The summed E-state index contributed by atoms with van der Waals surface area (Å²) < 4.78 is 27.2. The fourth-order valence-corrected chi connectivity index (χ4v) is 5.72. The number of carbonyl (C=O) groups is 8. The van der Waals surface area contributed by atoms with E-state index < -0.39 is 35.8 Å². The number of esters is 1. The number of urea groups is 1. The Morgan fingerprint density at radius 3 is 1.84 bits per heavy atom. The first-order valence-electron chi connectivity index (χ1n) is 21.5. The molecule has 1 aromatic rings. The second-order valence-electron chi connectivity index (χ2n) is 15.3. The van der Waals surface area contributed by atoms with Gasteiger partial charge < -0.3 is 56.0 Å². The van der Waals surface area contributed by atoms with E-state index in [9.17, 15) is 38.4 Å². The standard InChI is InChI=1S/C43H67N7O13/c1-30(2)39(41(56)48-34(9-8-18-46-43(44)58)40(55)47-33-13-11-32(12-14-33)29-63-42(57)31(3)4)49-36(52)17-21-59-23-25-61-27-28-62-26-24-60-22-19-45-35(51)10-6-5-7-20-50-37(53)15-16-38(50)54/h11-16,30-31,34,39H,5-10,17-29H2,1-4H3,(H,45,51)(H,47,55)(H,48,56)(H,49,52)(H3,44,46,58)/t34-,39-/m0/s1. The number of amides is 8. The zero-order valence-electron chi connectivity index (χ0n) is 37.0. The molecule has 20 nitrogen and oxygen atoms in total. The van der Waals surface area contributed by atoms with Crippen LogP contribution in [0.2, 0.25) is 0 Å². The average Bonchev–Trinajstić information content (AvgIpc) is 3.56. The number of benzene rings is 1. The lowest BCUT2D eigenvalue weighted by molar-refractivity contribution is -0.148. The van der Waals surface area contributed by atoms with Crippen LogP contribution in [0.1, 0.15) is 78.2 Å². The minimum atomic E-state index is -1.01. The van der Waals surface area contributed by atoms with Crippen LogP contribution in [0.4, 0.5) is 10.5 Å². The molecule has 2 rings (SSSR count). The van der Waals surface area contributed by atoms with E-state index >= 15 is 0 Å². The molecule has 0 unspecified atom stereocenters. The number of nitrogens with zero attached hydrogens (tertiary/aromatic N) is 1. The van der Waals surface area contributed by atoms with Gasteiger partial charge >= 0.3 is 12.0 Å². The van der Waals surface area contributed by atoms with Crippen LogP contribution in [0.25, 0.3) is 0 Å². The predicted molar refractivity (Wildman–Crippen MR) is 230 cm³/mol. The summed E-state index contributed by atoms with van der Waals surface area (Å²) in [7, 11) is 0. The van der Waals surface area contributed by atoms with Crippen LogP contribution in [-0.4, -0.2) is 137 Å². The number of nitrogens with one attached hydrogen (secondary N) is 5. The molecule has 1 aliphatic rings. The van der Waals surface area contributed by atoms with Gasteiger partial charge in [-0.3, -0.25) is 38.5 Å². The van der Waals surface area contributed by atoms with E-state index in [-0.39, 0.29) is 81.3 Å². The quantitative estimate of drug-likeness (QED) is 0.0326. The molecule has 63 heavy (non-hydrogen) atoms. The van der Waals surface area contributed by atoms with Gasteiger partial charge in [-0.25, -0.2) is 4.79 Å². The number of ether oxygens (including phenoxy) is 5. The number of hydrogen-bond acceptors (Lipinski definition) is 13. The van der Waals surface area contributed by atoms with Gasteiger partial charge in [-0.2, -0.15) is 0 Å². The van der Waals surface area contributed by atoms with Crippen LogP contribution >= 0.6 is 0 Å². The van der Waals surface area contributed by atoms with E-state index in [1.807, 2.05) is 0 Å². The lowest BCUT2D eigenvalue weighted by Gasteiger charge is -2.25. The van der Waals surface area contributed by atoms with Crippen LogP contribution < -0.4 is 32.3 Å². The van der Waals surface area contributed by atoms with Crippen molar-refractivity contribution in [2.45, 2.75) is 91.3 Å². The van der Waals surface area contributed by atoms with Crippen molar-refractivity contribution < 1.29 is 62.0 Å². The number of unbranched alkanes of at least 4 members (excludes halogenated alkanes) is 2. The molecule has 1 heterocycles. The summed E-state index contributed by atoms with van der Waals surface area (Å²) in [4.78, 5) is 98.7. The van der Waals surface area contributed by atoms with E-state index in [2.05, 4.69) is 26.6 Å². The maximum atomic E-state index is 13.4. The van der Waals surface area contributed by atoms with Crippen molar-refractivity contribution in [3.05, 3.63) is 42.0 Å². The Balaban J connectivity index is 1.57. The summed E-state index contributed by atoms with van der Waals surface area (Å²) >= 11 is 0. The largest absolute Gasteiger partial charge is 0.461 e. The van der Waals surface area contributed by atoms with Gasteiger partial charge in [0.1, 0.15) is 18.7 Å². The molecule has 0 radical (unpaired) electrons. The Labute approximate surface area is 369 Å². The molecule has 1 aliphatic heterocycles. The molecule has 0 bridgehead atoms. The SMILES string of the molecule is CC(C)C(=O)OCc1ccc(NC(=O)[C@H](CCCNC(N)=O)NC(=O)[C@@H](NC(=O)CCOCCOCCOCCOCCNC(=O)CCCCCN2C(=O)C=CC2=O)C(C)C)cc1. The molecule has 0 aromatic heterocycles. The Morgan fingerprint density at radius 2 is 1.25 bits per heavy atom. The summed E-state index contributed by atoms with van der Waals surface area (Å²) in [5.41, 5.74) is 6.34. The van der Waals surface area contributed by atoms with Crippen molar-refractivity contribution in [1.29, 1.82) is 0 Å². The van der Waals surface area contributed by atoms with Gasteiger partial charge in [0.2, 0.25) is 23.6 Å². The molecule has 0 spiro atoms. The second kappa shape index (κ2) is 31.4. The Kier molecular flexibility index (Phi) is 26.8. The Bertz CT molecular complexity index is 1620. The number of carbonyl (C=O) groups excluding carboxylic acids is 8. The molecule has 0 aliphatic carbocycles. The van der Waals surface area contributed by atoms with Crippen molar-refractivity contribution in [3.8, 4) is 0 Å². The lowest BCUT2D eigenvalue weighted by Crippen LogP contribution is -2.54. The third-order valence-electron chi connectivity index (χ3n) is 9.29. The predicted octanol–water partition coefficient (Wildman–Crippen LogP) is 1.46. The van der Waals surface area contributed by atoms with E-state index in [1.54, 1.807) is 52.0 Å². The molecule has 0 saturated carbocycles. The van der Waals surface area contributed by atoms with Crippen molar-refractivity contribution in [1.82, 2.24) is 26.2 Å². The molecule has 0 saturated heterocycles. The van der Waals surface area contributed by atoms with Crippen LogP contribution in [0.3, 0.4) is 0 Å². The van der Waals surface area contributed by atoms with Crippen molar-refractivity contribution in [2.24, 2.45) is 17.6 Å². The van der Waals surface area contributed by atoms with Crippen LogP contribution in [0.5, 0.6) is 0 Å². The fourth-order valence-electron chi connectivity index (χ4n) is 5.72. The highest BCUT2D eigenvalue weighted by Crippen LogP contribution is 2.14. The minimum absolute atomic E-state index is 0.00994. The third kappa shape index (κ3) is 24.1. The first-order valence-corrected chi connectivity index (χ1v) is 21.5. The van der Waals surface area contributed by atoms with Gasteiger partial charge in [0.05, 0.1) is 58.8 Å². The van der Waals surface area contributed by atoms with Gasteiger partial charge in [-0.05, 0) is 49.3 Å². The zero-order chi connectivity index (χ0) is 46.4. The number of hydrogen-bond donors (Lipinski definition) is 6. The summed E-state index contributed by atoms with van der Waals surface area (Å²) in [6.07, 6.45) is 5.40. The smallest absolute Gasteiger partial charge is 0.312 e. The molecule has 7 N–H and O–H groups in total. The van der Waals surface area contributed by atoms with Crippen LogP contribution in [0.15, 0.2) is 36.4 Å². The molecule has 20 heteroatoms. The summed E-state index contributed by atoms with van der Waals surface area (Å²) in [5.74, 6) is -3.04. The van der Waals surface area contributed by atoms with Gasteiger partial charge in [0.15, 0.2) is 0 Å². The van der Waals surface area contributed by atoms with Crippen LogP contribution in [0, 0.1) is 11.8 Å². The van der Waals surface area contributed by atoms with Crippen LogP contribution in [-0.2, 0) is 63.9 Å². The highest BCUT2D eigenvalue weighted by atomic mass is 16.6. The maximum absolute atomic E-state index is 13.4. The van der Waals surface area contributed by atoms with Gasteiger partial charge in [0.25, 0.3) is 11.8 Å². The summed E-state index contributed by atoms with van der Waals surface area (Å²) in [6.45, 7) is 10.4. The average molecular weight is 890 g/mol. The van der Waals surface area contributed by atoms with E-state index in [0.29, 0.717) is 77.5 Å². The van der Waals surface area contributed by atoms with E-state index in [1.165, 1.54) is 17.1 Å². The highest BCUT2D eigenvalue weighted by Gasteiger charge is 2.29. The zero-order valence-corrected chi connectivity index (χ0v) is 37.0. The second-order valence-corrected chi connectivity index (χ2v) is 15.3. The molecule has 8 amide bonds. The molecule has 1 aromatic carbocycles. The van der Waals surface area contributed by atoms with Gasteiger partial charge in [0, 0.05) is 50.3 Å². The molecule has 2 atom stereocenters. The molecule has 352 valence electrons. The van der Waals surface area contributed by atoms with E-state index in [0.717, 1.165) is 12.0 Å². The van der Waals surface area contributed by atoms with Gasteiger partial charge in [-0.15, -0.1) is 0 Å². The fraction of sp³-hybridized carbons (Fsp3) is 0.628. The van der Waals surface area contributed by atoms with Crippen molar-refractivity contribution >= 4 is 53.1 Å².